The van der Waals surface area contributed by atoms with Gasteiger partial charge in [-0.3, -0.25) is 9.59 Å². The minimum Gasteiger partial charge on any atom is -0.483 e. The van der Waals surface area contributed by atoms with Crippen LogP contribution in [0.2, 0.25) is 0 Å². The van der Waals surface area contributed by atoms with E-state index in [-0.39, 0.29) is 13.1 Å². The maximum atomic E-state index is 13.1. The predicted octanol–water partition coefficient (Wildman–Crippen LogP) is 4.34. The van der Waals surface area contributed by atoms with Gasteiger partial charge in [0.15, 0.2) is 6.61 Å². The first-order valence-electron chi connectivity index (χ1n) is 9.27. The van der Waals surface area contributed by atoms with Crippen molar-refractivity contribution in [1.82, 2.24) is 4.90 Å². The Morgan fingerprint density at radius 3 is 2.35 bits per heavy atom. The van der Waals surface area contributed by atoms with E-state index in [9.17, 15) is 22.8 Å². The molecule has 1 N–H and O–H groups in total. The zero-order valence-electron chi connectivity index (χ0n) is 16.3. The summed E-state index contributed by atoms with van der Waals surface area (Å²) in [6, 6.07) is 16.5. The van der Waals surface area contributed by atoms with Gasteiger partial charge in [-0.15, -0.1) is 0 Å². The molecule has 0 saturated carbocycles. The number of halogens is 3. The van der Waals surface area contributed by atoms with Crippen molar-refractivity contribution >= 4 is 17.5 Å². The molecule has 3 aromatic rings. The van der Waals surface area contributed by atoms with Crippen LogP contribution in [0.1, 0.15) is 11.3 Å². The SMILES string of the molecule is O=C(CN(Cc1ccco1)C(=O)COc1ccccc1C(F)(F)F)Nc1ccccc1. The number of furan rings is 1. The van der Waals surface area contributed by atoms with E-state index in [0.717, 1.165) is 17.0 Å². The summed E-state index contributed by atoms with van der Waals surface area (Å²) in [5.74, 6) is -1.19. The smallest absolute Gasteiger partial charge is 0.419 e. The molecule has 0 saturated heterocycles. The molecule has 0 aliphatic rings. The highest BCUT2D eigenvalue weighted by Gasteiger charge is 2.34. The molecule has 0 unspecified atom stereocenters. The number of amides is 2. The van der Waals surface area contributed by atoms with Crippen molar-refractivity contribution in [1.29, 1.82) is 0 Å². The Labute approximate surface area is 176 Å². The first-order chi connectivity index (χ1) is 14.8. The monoisotopic (exact) mass is 432 g/mol. The molecule has 2 aromatic carbocycles. The number of nitrogens with one attached hydrogen (secondary N) is 1. The van der Waals surface area contributed by atoms with Crippen LogP contribution in [0.25, 0.3) is 0 Å². The van der Waals surface area contributed by atoms with Gasteiger partial charge in [-0.05, 0) is 36.4 Å². The first-order valence-corrected chi connectivity index (χ1v) is 9.27. The summed E-state index contributed by atoms with van der Waals surface area (Å²) < 4.78 is 49.7. The highest BCUT2D eigenvalue weighted by molar-refractivity contribution is 5.94. The normalized spacial score (nSPS) is 11.1. The van der Waals surface area contributed by atoms with Gasteiger partial charge in [0, 0.05) is 5.69 Å². The van der Waals surface area contributed by atoms with Crippen LogP contribution >= 0.6 is 0 Å². The molecule has 0 spiro atoms. The fourth-order valence-corrected chi connectivity index (χ4v) is 2.78. The van der Waals surface area contributed by atoms with Gasteiger partial charge in [0.2, 0.25) is 5.91 Å². The largest absolute Gasteiger partial charge is 0.483 e. The van der Waals surface area contributed by atoms with Gasteiger partial charge in [0.1, 0.15) is 18.1 Å². The number of hydrogen-bond donors (Lipinski definition) is 1. The quantitative estimate of drug-likeness (QED) is 0.575. The Kier molecular flexibility index (Phi) is 6.96. The first kappa shape index (κ1) is 21.9. The third-order valence-electron chi connectivity index (χ3n) is 4.22. The van der Waals surface area contributed by atoms with E-state index in [1.165, 1.54) is 18.4 Å². The number of anilines is 1. The van der Waals surface area contributed by atoms with Gasteiger partial charge >= 0.3 is 6.18 Å². The molecule has 0 fully saturated rings. The second kappa shape index (κ2) is 9.84. The van der Waals surface area contributed by atoms with E-state index in [4.69, 9.17) is 9.15 Å². The number of benzene rings is 2. The number of hydrogen-bond acceptors (Lipinski definition) is 4. The van der Waals surface area contributed by atoms with Crippen molar-refractivity contribution in [3.8, 4) is 5.75 Å². The number of nitrogens with zero attached hydrogens (tertiary/aromatic N) is 1. The molecule has 3 rings (SSSR count). The number of ether oxygens (including phenoxy) is 1. The summed E-state index contributed by atoms with van der Waals surface area (Å²) >= 11 is 0. The van der Waals surface area contributed by atoms with Gasteiger partial charge in [0.05, 0.1) is 18.4 Å². The third kappa shape index (κ3) is 6.36. The Bertz CT molecular complexity index is 1010. The van der Waals surface area contributed by atoms with Crippen LogP contribution in [0.4, 0.5) is 18.9 Å². The minimum absolute atomic E-state index is 0.0433. The zero-order valence-corrected chi connectivity index (χ0v) is 16.3. The minimum atomic E-state index is -4.62. The molecule has 0 atom stereocenters. The average Bonchev–Trinajstić information content (AvgIpc) is 3.25. The van der Waals surface area contributed by atoms with Crippen LogP contribution in [0.15, 0.2) is 77.4 Å². The van der Waals surface area contributed by atoms with E-state index >= 15 is 0 Å². The molecule has 0 bridgehead atoms. The lowest BCUT2D eigenvalue weighted by molar-refractivity contribution is -0.141. The maximum Gasteiger partial charge on any atom is 0.419 e. The van der Waals surface area contributed by atoms with Crippen molar-refractivity contribution in [2.75, 3.05) is 18.5 Å². The van der Waals surface area contributed by atoms with E-state index in [2.05, 4.69) is 5.32 Å². The summed E-state index contributed by atoms with van der Waals surface area (Å²) in [6.45, 7) is -1.05. The Balaban J connectivity index is 1.69. The van der Waals surface area contributed by atoms with Crippen molar-refractivity contribution in [2.45, 2.75) is 12.7 Å². The number of para-hydroxylation sites is 2. The van der Waals surface area contributed by atoms with E-state index < -0.39 is 35.9 Å². The van der Waals surface area contributed by atoms with Crippen LogP contribution < -0.4 is 10.1 Å². The molecular formula is C22H19F3N2O4. The molecule has 2 amide bonds. The number of rotatable bonds is 8. The molecule has 0 radical (unpaired) electrons. The van der Waals surface area contributed by atoms with E-state index in [1.807, 2.05) is 0 Å². The lowest BCUT2D eigenvalue weighted by Gasteiger charge is -2.22. The van der Waals surface area contributed by atoms with Crippen molar-refractivity contribution < 1.29 is 31.9 Å². The number of carbonyl (C=O) groups excluding carboxylic acids is 2. The third-order valence-corrected chi connectivity index (χ3v) is 4.22. The maximum absolute atomic E-state index is 13.1. The molecule has 9 heteroatoms. The molecular weight excluding hydrogens is 413 g/mol. The van der Waals surface area contributed by atoms with Crippen LogP contribution in [0.5, 0.6) is 5.75 Å². The molecule has 6 nitrogen and oxygen atoms in total. The van der Waals surface area contributed by atoms with E-state index in [0.29, 0.717) is 11.4 Å². The van der Waals surface area contributed by atoms with Crippen LogP contribution in [0.3, 0.4) is 0 Å². The molecule has 31 heavy (non-hydrogen) atoms. The highest BCUT2D eigenvalue weighted by Crippen LogP contribution is 2.35. The van der Waals surface area contributed by atoms with Crippen molar-refractivity contribution in [3.63, 3.8) is 0 Å². The summed E-state index contributed by atoms with van der Waals surface area (Å²) in [4.78, 5) is 26.2. The lowest BCUT2D eigenvalue weighted by atomic mass is 10.2. The van der Waals surface area contributed by atoms with Crippen molar-refractivity contribution in [3.05, 3.63) is 84.3 Å². The van der Waals surface area contributed by atoms with Crippen LogP contribution in [-0.2, 0) is 22.3 Å². The Morgan fingerprint density at radius 1 is 0.968 bits per heavy atom. The second-order valence-electron chi connectivity index (χ2n) is 6.53. The van der Waals surface area contributed by atoms with Gasteiger partial charge in [-0.25, -0.2) is 0 Å². The number of alkyl halides is 3. The Hall–Kier alpha value is -3.75. The number of carbonyl (C=O) groups is 2. The Morgan fingerprint density at radius 2 is 1.68 bits per heavy atom. The average molecular weight is 432 g/mol. The van der Waals surface area contributed by atoms with Crippen LogP contribution in [0, 0.1) is 0 Å². The van der Waals surface area contributed by atoms with Gasteiger partial charge in [0.25, 0.3) is 5.91 Å². The summed E-state index contributed by atoms with van der Waals surface area (Å²) in [5.41, 5.74) is -0.435. The molecule has 1 heterocycles. The van der Waals surface area contributed by atoms with Crippen molar-refractivity contribution in [2.24, 2.45) is 0 Å². The van der Waals surface area contributed by atoms with Gasteiger partial charge < -0.3 is 19.4 Å². The molecule has 0 aliphatic carbocycles. The topological polar surface area (TPSA) is 71.8 Å². The summed E-state index contributed by atoms with van der Waals surface area (Å²) in [6.07, 6.45) is -3.21. The highest BCUT2D eigenvalue weighted by atomic mass is 19.4. The molecule has 0 aliphatic heterocycles. The standard InChI is InChI=1S/C22H19F3N2O4/c23-22(24,25)18-10-4-5-11-19(18)31-15-21(29)27(13-17-9-6-12-30-17)14-20(28)26-16-7-2-1-3-8-16/h1-12H,13-15H2,(H,26,28). The fourth-order valence-electron chi connectivity index (χ4n) is 2.78. The van der Waals surface area contributed by atoms with E-state index in [1.54, 1.807) is 42.5 Å². The lowest BCUT2D eigenvalue weighted by Crippen LogP contribution is -2.40. The summed E-state index contributed by atoms with van der Waals surface area (Å²) in [5, 5.41) is 2.66. The van der Waals surface area contributed by atoms with Gasteiger partial charge in [-0.1, -0.05) is 30.3 Å². The molecule has 162 valence electrons. The molecule has 1 aromatic heterocycles. The zero-order chi connectivity index (χ0) is 22.3. The van der Waals surface area contributed by atoms with Crippen LogP contribution in [-0.4, -0.2) is 29.9 Å². The second-order valence-corrected chi connectivity index (χ2v) is 6.53. The predicted molar refractivity (Wildman–Crippen MR) is 106 cm³/mol. The fraction of sp³-hybridized carbons (Fsp3) is 0.182. The van der Waals surface area contributed by atoms with Gasteiger partial charge in [-0.2, -0.15) is 13.2 Å². The summed E-state index contributed by atoms with van der Waals surface area (Å²) in [7, 11) is 0.